The van der Waals surface area contributed by atoms with E-state index in [2.05, 4.69) is 10.5 Å². The SMILES string of the molecule is CCC1=CC(Cl)=N[N]1. The molecule has 0 N–H and O–H groups in total. The smallest absolute Gasteiger partial charge is 0.153 e. The van der Waals surface area contributed by atoms with E-state index < -0.39 is 0 Å². The molecule has 0 fully saturated rings. The molecule has 0 saturated heterocycles. The van der Waals surface area contributed by atoms with Gasteiger partial charge in [-0.25, -0.2) is 0 Å². The Balaban J connectivity index is 2.56. The maximum Gasteiger partial charge on any atom is 0.153 e. The molecular formula is C5H6ClN2. The summed E-state index contributed by atoms with van der Waals surface area (Å²) in [7, 11) is 0. The fourth-order valence-corrected chi connectivity index (χ4v) is 0.644. The highest BCUT2D eigenvalue weighted by molar-refractivity contribution is 6.68. The number of nitrogens with zero attached hydrogens (tertiary/aromatic N) is 2. The van der Waals surface area contributed by atoms with Crippen molar-refractivity contribution in [3.63, 3.8) is 0 Å². The Morgan fingerprint density at radius 3 is 2.75 bits per heavy atom. The van der Waals surface area contributed by atoms with Crippen LogP contribution in [-0.4, -0.2) is 5.17 Å². The van der Waals surface area contributed by atoms with Crippen LogP contribution in [0.5, 0.6) is 0 Å². The monoisotopic (exact) mass is 129 g/mol. The zero-order valence-corrected chi connectivity index (χ0v) is 5.31. The summed E-state index contributed by atoms with van der Waals surface area (Å²) in [4.78, 5) is 0. The van der Waals surface area contributed by atoms with Crippen LogP contribution in [0.3, 0.4) is 0 Å². The van der Waals surface area contributed by atoms with Crippen molar-refractivity contribution in [3.8, 4) is 0 Å². The van der Waals surface area contributed by atoms with E-state index in [4.69, 9.17) is 11.6 Å². The maximum atomic E-state index is 5.47. The van der Waals surface area contributed by atoms with Crippen molar-refractivity contribution in [2.45, 2.75) is 13.3 Å². The van der Waals surface area contributed by atoms with Crippen LogP contribution in [0.1, 0.15) is 13.3 Å². The van der Waals surface area contributed by atoms with E-state index in [0.717, 1.165) is 12.1 Å². The van der Waals surface area contributed by atoms with E-state index in [-0.39, 0.29) is 0 Å². The molecular weight excluding hydrogens is 124 g/mol. The lowest BCUT2D eigenvalue weighted by Gasteiger charge is -1.86. The van der Waals surface area contributed by atoms with Crippen molar-refractivity contribution in [2.24, 2.45) is 5.10 Å². The summed E-state index contributed by atoms with van der Waals surface area (Å²) in [6.07, 6.45) is 2.67. The van der Waals surface area contributed by atoms with Crippen LogP contribution in [0, 0.1) is 0 Å². The first kappa shape index (κ1) is 5.63. The Labute approximate surface area is 53.2 Å². The summed E-state index contributed by atoms with van der Waals surface area (Å²) in [5, 5.41) is 4.09. The highest BCUT2D eigenvalue weighted by Gasteiger charge is 2.03. The van der Waals surface area contributed by atoms with E-state index in [1.54, 1.807) is 6.08 Å². The van der Waals surface area contributed by atoms with Gasteiger partial charge in [-0.05, 0) is 6.42 Å². The van der Waals surface area contributed by atoms with Gasteiger partial charge >= 0.3 is 0 Å². The largest absolute Gasteiger partial charge is 0.154 e. The second-order valence-corrected chi connectivity index (χ2v) is 1.90. The zero-order chi connectivity index (χ0) is 5.98. The van der Waals surface area contributed by atoms with E-state index in [0.29, 0.717) is 5.17 Å². The van der Waals surface area contributed by atoms with Gasteiger partial charge in [0.05, 0.1) is 5.70 Å². The van der Waals surface area contributed by atoms with E-state index >= 15 is 0 Å². The Morgan fingerprint density at radius 1 is 1.75 bits per heavy atom. The number of allylic oxidation sites excluding steroid dienone is 2. The van der Waals surface area contributed by atoms with Crippen LogP contribution < -0.4 is 5.43 Å². The highest BCUT2D eigenvalue weighted by atomic mass is 35.5. The lowest BCUT2D eigenvalue weighted by Crippen LogP contribution is -1.87. The summed E-state index contributed by atoms with van der Waals surface area (Å²) in [6, 6.07) is 0. The Hall–Kier alpha value is -0.500. The van der Waals surface area contributed by atoms with Gasteiger partial charge in [-0.1, -0.05) is 18.5 Å². The summed E-state index contributed by atoms with van der Waals surface area (Å²) in [5.74, 6) is 0. The molecule has 0 atom stereocenters. The van der Waals surface area contributed by atoms with Crippen molar-refractivity contribution in [2.75, 3.05) is 0 Å². The van der Waals surface area contributed by atoms with Gasteiger partial charge in [-0.2, -0.15) is 5.43 Å². The molecule has 0 bridgehead atoms. The number of hydrogen-bond donors (Lipinski definition) is 0. The second-order valence-electron chi connectivity index (χ2n) is 1.51. The molecule has 0 spiro atoms. The molecule has 2 nitrogen and oxygen atoms in total. The Morgan fingerprint density at radius 2 is 2.50 bits per heavy atom. The van der Waals surface area contributed by atoms with Crippen LogP contribution in [0.25, 0.3) is 0 Å². The molecule has 1 aliphatic rings. The Bertz CT molecular complexity index is 149. The van der Waals surface area contributed by atoms with Gasteiger partial charge in [0.25, 0.3) is 0 Å². The van der Waals surface area contributed by atoms with Gasteiger partial charge in [0.15, 0.2) is 5.17 Å². The molecule has 0 saturated carbocycles. The number of rotatable bonds is 1. The molecule has 1 heterocycles. The van der Waals surface area contributed by atoms with Gasteiger partial charge in [0, 0.05) is 6.08 Å². The molecule has 3 heteroatoms. The number of halogens is 1. The normalized spacial score (nSPS) is 17.2. The summed E-state index contributed by atoms with van der Waals surface area (Å²) in [6.45, 7) is 2.01. The molecule has 1 radical (unpaired) electrons. The average Bonchev–Trinajstić information content (AvgIpc) is 2.14. The van der Waals surface area contributed by atoms with Crippen molar-refractivity contribution in [3.05, 3.63) is 11.8 Å². The summed E-state index contributed by atoms with van der Waals surface area (Å²) >= 11 is 5.47. The van der Waals surface area contributed by atoms with E-state index in [1.165, 1.54) is 0 Å². The minimum absolute atomic E-state index is 0.488. The summed E-state index contributed by atoms with van der Waals surface area (Å²) in [5.41, 5.74) is 4.71. The van der Waals surface area contributed by atoms with Gasteiger partial charge in [-0.15, -0.1) is 5.10 Å². The van der Waals surface area contributed by atoms with Gasteiger partial charge < -0.3 is 0 Å². The van der Waals surface area contributed by atoms with Gasteiger partial charge in [-0.3, -0.25) is 0 Å². The lowest BCUT2D eigenvalue weighted by molar-refractivity contribution is 0.838. The van der Waals surface area contributed by atoms with E-state index in [1.807, 2.05) is 6.92 Å². The second kappa shape index (κ2) is 2.18. The average molecular weight is 130 g/mol. The third kappa shape index (κ3) is 1.01. The molecule has 1 rings (SSSR count). The minimum Gasteiger partial charge on any atom is -0.154 e. The molecule has 0 aromatic heterocycles. The van der Waals surface area contributed by atoms with Gasteiger partial charge in [0.1, 0.15) is 0 Å². The van der Waals surface area contributed by atoms with E-state index in [9.17, 15) is 0 Å². The van der Waals surface area contributed by atoms with Crippen LogP contribution in [0.15, 0.2) is 16.9 Å². The first-order valence-corrected chi connectivity index (χ1v) is 2.85. The molecule has 0 aromatic rings. The van der Waals surface area contributed by atoms with Gasteiger partial charge in [0.2, 0.25) is 0 Å². The lowest BCUT2D eigenvalue weighted by atomic mass is 10.3. The molecule has 0 aromatic carbocycles. The molecule has 1 aliphatic heterocycles. The standard InChI is InChI=1S/C5H6ClN2/c1-2-4-3-5(6)8-7-4/h3H,2H2,1H3. The predicted octanol–water partition coefficient (Wildman–Crippen LogP) is 1.45. The van der Waals surface area contributed by atoms with Crippen LogP contribution in [0.2, 0.25) is 0 Å². The molecule has 8 heavy (non-hydrogen) atoms. The molecule has 0 unspecified atom stereocenters. The fourth-order valence-electron chi connectivity index (χ4n) is 0.480. The van der Waals surface area contributed by atoms with Crippen molar-refractivity contribution in [1.82, 2.24) is 5.43 Å². The van der Waals surface area contributed by atoms with Crippen LogP contribution in [-0.2, 0) is 0 Å². The minimum atomic E-state index is 0.488. The first-order valence-electron chi connectivity index (χ1n) is 2.47. The molecule has 43 valence electrons. The quantitative estimate of drug-likeness (QED) is 0.513. The molecule has 0 amide bonds. The third-order valence-electron chi connectivity index (χ3n) is 0.922. The first-order chi connectivity index (χ1) is 3.83. The molecule has 0 aliphatic carbocycles. The Kier molecular flexibility index (Phi) is 1.53. The van der Waals surface area contributed by atoms with Crippen LogP contribution in [0.4, 0.5) is 0 Å². The highest BCUT2D eigenvalue weighted by Crippen LogP contribution is 2.06. The maximum absolute atomic E-state index is 5.47. The van der Waals surface area contributed by atoms with Crippen molar-refractivity contribution < 1.29 is 0 Å². The van der Waals surface area contributed by atoms with Crippen molar-refractivity contribution >= 4 is 16.8 Å². The zero-order valence-electron chi connectivity index (χ0n) is 4.56. The van der Waals surface area contributed by atoms with Crippen molar-refractivity contribution in [1.29, 1.82) is 0 Å². The third-order valence-corrected chi connectivity index (χ3v) is 1.11. The summed E-state index contributed by atoms with van der Waals surface area (Å²) < 4.78 is 0. The predicted molar refractivity (Wildman–Crippen MR) is 33.8 cm³/mol. The topological polar surface area (TPSA) is 26.5 Å². The van der Waals surface area contributed by atoms with Crippen LogP contribution >= 0.6 is 11.6 Å². The number of hydrogen-bond acceptors (Lipinski definition) is 1. The fraction of sp³-hybridized carbons (Fsp3) is 0.400.